The number of hydrogen-bond donors (Lipinski definition) is 2. The van der Waals surface area contributed by atoms with Crippen molar-refractivity contribution < 1.29 is 0 Å². The molecule has 5 heteroatoms. The SMILES string of the molecule is C/C(N)=N/C(Cl)=C(\N)Cl. The fourth-order valence-corrected chi connectivity index (χ4v) is 0.384. The average Bonchev–Trinajstić information content (AvgIpc) is 1.63. The van der Waals surface area contributed by atoms with Gasteiger partial charge in [-0.1, -0.05) is 23.2 Å². The minimum absolute atomic E-state index is 0.0247. The van der Waals surface area contributed by atoms with E-state index in [1.54, 1.807) is 6.92 Å². The second-order valence-corrected chi connectivity index (χ2v) is 2.16. The van der Waals surface area contributed by atoms with Gasteiger partial charge in [0.1, 0.15) is 5.16 Å². The van der Waals surface area contributed by atoms with Gasteiger partial charge in [0.05, 0.1) is 5.84 Å². The maximum atomic E-state index is 5.37. The summed E-state index contributed by atoms with van der Waals surface area (Å²) in [5.74, 6) is 0.323. The first-order valence-electron chi connectivity index (χ1n) is 2.15. The molecule has 0 spiro atoms. The van der Waals surface area contributed by atoms with Crippen molar-refractivity contribution in [2.75, 3.05) is 0 Å². The second kappa shape index (κ2) is 3.58. The molecule has 0 fully saturated rings. The molecule has 0 heterocycles. The molecule has 0 aliphatic rings. The monoisotopic (exact) mass is 167 g/mol. The van der Waals surface area contributed by atoms with Crippen LogP contribution in [0.5, 0.6) is 0 Å². The van der Waals surface area contributed by atoms with Gasteiger partial charge in [0.15, 0.2) is 5.16 Å². The molecule has 0 saturated carbocycles. The Morgan fingerprint density at radius 2 is 1.78 bits per heavy atom. The predicted molar refractivity (Wildman–Crippen MR) is 40.2 cm³/mol. The first-order chi connectivity index (χ1) is 4.04. The number of nitrogens with zero attached hydrogens (tertiary/aromatic N) is 1. The number of hydrogen-bond acceptors (Lipinski definition) is 2. The Hall–Kier alpha value is -0.410. The summed E-state index contributed by atoms with van der Waals surface area (Å²) in [4.78, 5) is 3.56. The van der Waals surface area contributed by atoms with Gasteiger partial charge in [0.2, 0.25) is 0 Å². The van der Waals surface area contributed by atoms with E-state index in [0.717, 1.165) is 0 Å². The van der Waals surface area contributed by atoms with Crippen LogP contribution in [0.3, 0.4) is 0 Å². The van der Waals surface area contributed by atoms with Crippen molar-refractivity contribution in [3.05, 3.63) is 10.3 Å². The molecule has 4 N–H and O–H groups in total. The summed E-state index contributed by atoms with van der Waals surface area (Å²) in [7, 11) is 0. The number of aliphatic imine (C=N–C) groups is 1. The molecule has 0 aromatic heterocycles. The highest BCUT2D eigenvalue weighted by atomic mass is 35.5. The Labute approximate surface area is 63.3 Å². The van der Waals surface area contributed by atoms with E-state index in [1.165, 1.54) is 0 Å². The zero-order chi connectivity index (χ0) is 7.44. The highest BCUT2D eigenvalue weighted by Crippen LogP contribution is 2.08. The van der Waals surface area contributed by atoms with Gasteiger partial charge in [-0.2, -0.15) is 0 Å². The Morgan fingerprint density at radius 3 is 1.89 bits per heavy atom. The molecule has 3 nitrogen and oxygen atoms in total. The maximum Gasteiger partial charge on any atom is 0.165 e. The van der Waals surface area contributed by atoms with Crippen molar-refractivity contribution in [1.82, 2.24) is 0 Å². The molecule has 0 aromatic rings. The number of nitrogens with two attached hydrogens (primary N) is 2. The predicted octanol–water partition coefficient (Wildman–Crippen LogP) is 0.926. The van der Waals surface area contributed by atoms with E-state index < -0.39 is 0 Å². The van der Waals surface area contributed by atoms with Gasteiger partial charge < -0.3 is 11.5 Å². The highest BCUT2D eigenvalue weighted by Gasteiger charge is 1.92. The van der Waals surface area contributed by atoms with E-state index in [1.807, 2.05) is 0 Å². The Morgan fingerprint density at radius 1 is 1.33 bits per heavy atom. The normalized spacial score (nSPS) is 15.2. The van der Waals surface area contributed by atoms with Gasteiger partial charge in [-0.25, -0.2) is 4.99 Å². The molecule has 0 bridgehead atoms. The van der Waals surface area contributed by atoms with Crippen molar-refractivity contribution in [3.8, 4) is 0 Å². The lowest BCUT2D eigenvalue weighted by Gasteiger charge is -1.90. The van der Waals surface area contributed by atoms with Crippen LogP contribution in [0.2, 0.25) is 0 Å². The lowest BCUT2D eigenvalue weighted by molar-refractivity contribution is 1.36. The molecule has 0 saturated heterocycles. The van der Waals surface area contributed by atoms with Crippen LogP contribution >= 0.6 is 23.2 Å². The highest BCUT2D eigenvalue weighted by molar-refractivity contribution is 6.38. The lowest BCUT2D eigenvalue weighted by atomic mass is 10.7. The first-order valence-corrected chi connectivity index (χ1v) is 2.91. The molecule has 0 unspecified atom stereocenters. The summed E-state index contributed by atoms with van der Waals surface area (Å²) < 4.78 is 0. The molecule has 52 valence electrons. The van der Waals surface area contributed by atoms with Crippen molar-refractivity contribution >= 4 is 29.0 Å². The van der Waals surface area contributed by atoms with E-state index in [9.17, 15) is 0 Å². The fourth-order valence-electron chi connectivity index (χ4n) is 0.208. The summed E-state index contributed by atoms with van der Waals surface area (Å²) in [6, 6.07) is 0. The van der Waals surface area contributed by atoms with E-state index in [2.05, 4.69) is 4.99 Å². The van der Waals surface area contributed by atoms with Gasteiger partial charge in [-0.05, 0) is 6.92 Å². The molecule has 0 rings (SSSR count). The van der Waals surface area contributed by atoms with Crippen molar-refractivity contribution in [2.24, 2.45) is 16.5 Å². The molecular formula is C4H7Cl2N3. The summed E-state index contributed by atoms with van der Waals surface area (Å²) in [5.41, 5.74) is 10.2. The lowest BCUT2D eigenvalue weighted by Crippen LogP contribution is -2.05. The summed E-state index contributed by atoms with van der Waals surface area (Å²) in [6.07, 6.45) is 0. The molecule has 0 aliphatic heterocycles. The van der Waals surface area contributed by atoms with Crippen LogP contribution in [0, 0.1) is 0 Å². The molecule has 0 radical (unpaired) electrons. The third-order valence-corrected chi connectivity index (χ3v) is 1.04. The van der Waals surface area contributed by atoms with Crippen molar-refractivity contribution in [3.63, 3.8) is 0 Å². The van der Waals surface area contributed by atoms with Gasteiger partial charge in [0, 0.05) is 0 Å². The van der Waals surface area contributed by atoms with E-state index in [4.69, 9.17) is 34.7 Å². The molecule has 0 aliphatic carbocycles. The summed E-state index contributed by atoms with van der Waals surface area (Å²) in [5, 5.41) is -0.0295. The van der Waals surface area contributed by atoms with Gasteiger partial charge in [-0.3, -0.25) is 0 Å². The summed E-state index contributed by atoms with van der Waals surface area (Å²) in [6.45, 7) is 1.59. The molecule has 0 atom stereocenters. The zero-order valence-electron chi connectivity index (χ0n) is 4.86. The number of halogens is 2. The summed E-state index contributed by atoms with van der Waals surface area (Å²) >= 11 is 10.6. The molecule has 0 aromatic carbocycles. The number of rotatable bonds is 1. The van der Waals surface area contributed by atoms with Crippen LogP contribution in [0.1, 0.15) is 6.92 Å². The Bertz CT molecular complexity index is 153. The minimum Gasteiger partial charge on any atom is -0.387 e. The topological polar surface area (TPSA) is 64.4 Å². The van der Waals surface area contributed by atoms with Crippen LogP contribution in [-0.4, -0.2) is 5.84 Å². The Kier molecular flexibility index (Phi) is 3.42. The molecule has 0 amide bonds. The van der Waals surface area contributed by atoms with Crippen LogP contribution in [-0.2, 0) is 0 Å². The standard InChI is InChI=1S/C4H7Cl2N3/c1-2(7)9-4(6)3(5)8/h8H2,1H3,(H2,7,9)/b4-3-. The second-order valence-electron chi connectivity index (χ2n) is 1.39. The quantitative estimate of drug-likeness (QED) is 0.347. The molecular weight excluding hydrogens is 161 g/mol. The minimum atomic E-state index is -0.0542. The smallest absolute Gasteiger partial charge is 0.165 e. The van der Waals surface area contributed by atoms with Crippen LogP contribution in [0.25, 0.3) is 0 Å². The van der Waals surface area contributed by atoms with E-state index in [-0.39, 0.29) is 10.3 Å². The fraction of sp³-hybridized carbons (Fsp3) is 0.250. The largest absolute Gasteiger partial charge is 0.387 e. The van der Waals surface area contributed by atoms with Gasteiger partial charge in [0.25, 0.3) is 0 Å². The van der Waals surface area contributed by atoms with Crippen molar-refractivity contribution in [1.29, 1.82) is 0 Å². The first kappa shape index (κ1) is 8.59. The van der Waals surface area contributed by atoms with E-state index >= 15 is 0 Å². The van der Waals surface area contributed by atoms with Gasteiger partial charge in [-0.15, -0.1) is 0 Å². The third-order valence-electron chi connectivity index (χ3n) is 0.472. The molecule has 9 heavy (non-hydrogen) atoms. The van der Waals surface area contributed by atoms with Crippen LogP contribution in [0.4, 0.5) is 0 Å². The number of amidine groups is 1. The Balaban J connectivity index is 4.25. The van der Waals surface area contributed by atoms with Gasteiger partial charge >= 0.3 is 0 Å². The zero-order valence-corrected chi connectivity index (χ0v) is 6.37. The van der Waals surface area contributed by atoms with Crippen molar-refractivity contribution in [2.45, 2.75) is 6.92 Å². The third kappa shape index (κ3) is 4.12. The van der Waals surface area contributed by atoms with Crippen LogP contribution < -0.4 is 11.5 Å². The maximum absolute atomic E-state index is 5.37. The van der Waals surface area contributed by atoms with Crippen LogP contribution in [0.15, 0.2) is 15.3 Å². The van der Waals surface area contributed by atoms with E-state index in [0.29, 0.717) is 5.84 Å². The average molecular weight is 168 g/mol.